The zero-order chi connectivity index (χ0) is 16.6. The lowest BCUT2D eigenvalue weighted by molar-refractivity contribution is -0.149. The fourth-order valence-corrected chi connectivity index (χ4v) is 3.77. The fraction of sp³-hybridized carbons (Fsp3) is 0.529. The van der Waals surface area contributed by atoms with Gasteiger partial charge in [-0.25, -0.2) is 0 Å². The van der Waals surface area contributed by atoms with E-state index in [1.54, 1.807) is 9.80 Å². The number of hydrogen-bond donors (Lipinski definition) is 0. The molecular weight excluding hydrogens is 360 g/mol. The van der Waals surface area contributed by atoms with Crippen LogP contribution in [0.2, 0.25) is 0 Å². The number of hydrogen-bond acceptors (Lipinski definition) is 3. The highest BCUT2D eigenvalue weighted by Gasteiger charge is 2.41. The number of carbonyl (C=O) groups is 2. The second-order valence-corrected chi connectivity index (χ2v) is 7.23. The van der Waals surface area contributed by atoms with Crippen molar-refractivity contribution in [2.45, 2.75) is 32.5 Å². The third-order valence-corrected chi connectivity index (χ3v) is 4.85. The maximum absolute atomic E-state index is 12.8. The molecule has 0 aliphatic carbocycles. The van der Waals surface area contributed by atoms with Crippen LogP contribution in [0.4, 0.5) is 5.69 Å². The lowest BCUT2D eigenvalue weighted by Gasteiger charge is -2.36. The van der Waals surface area contributed by atoms with Gasteiger partial charge < -0.3 is 14.5 Å². The van der Waals surface area contributed by atoms with Crippen molar-refractivity contribution in [3.8, 4) is 0 Å². The first kappa shape index (κ1) is 16.5. The minimum atomic E-state index is -0.563. The molecule has 23 heavy (non-hydrogen) atoms. The molecule has 0 radical (unpaired) electrons. The van der Waals surface area contributed by atoms with Crippen LogP contribution in [-0.4, -0.2) is 48.6 Å². The Morgan fingerprint density at radius 3 is 2.61 bits per heavy atom. The van der Waals surface area contributed by atoms with Gasteiger partial charge in [0.05, 0.1) is 12.2 Å². The van der Waals surface area contributed by atoms with E-state index < -0.39 is 5.92 Å². The average molecular weight is 381 g/mol. The van der Waals surface area contributed by atoms with Crippen LogP contribution in [0.3, 0.4) is 0 Å². The molecule has 3 atom stereocenters. The summed E-state index contributed by atoms with van der Waals surface area (Å²) in [6, 6.07) is 7.62. The number of nitrogens with zero attached hydrogens (tertiary/aromatic N) is 2. The first-order valence-electron chi connectivity index (χ1n) is 7.97. The molecule has 0 bridgehead atoms. The van der Waals surface area contributed by atoms with E-state index in [-0.39, 0.29) is 24.0 Å². The van der Waals surface area contributed by atoms with Crippen LogP contribution in [0.1, 0.15) is 20.3 Å². The molecule has 2 heterocycles. The van der Waals surface area contributed by atoms with Crippen molar-refractivity contribution in [1.82, 2.24) is 4.90 Å². The van der Waals surface area contributed by atoms with Crippen molar-refractivity contribution in [3.63, 3.8) is 0 Å². The second-order valence-electron chi connectivity index (χ2n) is 6.31. The molecule has 124 valence electrons. The van der Waals surface area contributed by atoms with Crippen LogP contribution in [0.5, 0.6) is 0 Å². The zero-order valence-electron chi connectivity index (χ0n) is 13.4. The van der Waals surface area contributed by atoms with Gasteiger partial charge in [-0.3, -0.25) is 9.59 Å². The Morgan fingerprint density at radius 2 is 1.96 bits per heavy atom. The van der Waals surface area contributed by atoms with Crippen molar-refractivity contribution < 1.29 is 14.3 Å². The van der Waals surface area contributed by atoms with Crippen molar-refractivity contribution >= 4 is 33.4 Å². The van der Waals surface area contributed by atoms with E-state index in [2.05, 4.69) is 15.9 Å². The highest BCUT2D eigenvalue weighted by molar-refractivity contribution is 9.10. The van der Waals surface area contributed by atoms with Crippen LogP contribution >= 0.6 is 15.9 Å². The minimum Gasteiger partial charge on any atom is -0.372 e. The van der Waals surface area contributed by atoms with Crippen LogP contribution in [0, 0.1) is 5.92 Å². The third kappa shape index (κ3) is 3.43. The molecule has 2 aliphatic heterocycles. The Bertz CT molecular complexity index is 612. The Hall–Kier alpha value is -1.40. The molecule has 2 amide bonds. The van der Waals surface area contributed by atoms with E-state index in [9.17, 15) is 9.59 Å². The summed E-state index contributed by atoms with van der Waals surface area (Å²) in [7, 11) is 0. The summed E-state index contributed by atoms with van der Waals surface area (Å²) in [6.45, 7) is 5.62. The summed E-state index contributed by atoms with van der Waals surface area (Å²) in [5.41, 5.74) is 0.836. The predicted octanol–water partition coefficient (Wildman–Crippen LogP) is 2.44. The Labute approximate surface area is 144 Å². The zero-order valence-corrected chi connectivity index (χ0v) is 15.0. The highest BCUT2D eigenvalue weighted by Crippen LogP contribution is 2.29. The number of morpholine rings is 1. The molecule has 2 saturated heterocycles. The fourth-order valence-electron chi connectivity index (χ4n) is 3.39. The molecule has 0 spiro atoms. The van der Waals surface area contributed by atoms with Gasteiger partial charge in [0.1, 0.15) is 5.92 Å². The molecule has 0 aromatic heterocycles. The van der Waals surface area contributed by atoms with Gasteiger partial charge in [-0.1, -0.05) is 22.0 Å². The number of carbonyl (C=O) groups excluding carboxylic acids is 2. The van der Waals surface area contributed by atoms with E-state index in [1.807, 2.05) is 38.1 Å². The summed E-state index contributed by atoms with van der Waals surface area (Å²) < 4.78 is 6.59. The molecule has 6 heteroatoms. The van der Waals surface area contributed by atoms with Crippen molar-refractivity contribution in [3.05, 3.63) is 28.7 Å². The molecule has 3 rings (SSSR count). The van der Waals surface area contributed by atoms with Crippen molar-refractivity contribution in [2.24, 2.45) is 5.92 Å². The van der Waals surface area contributed by atoms with Gasteiger partial charge in [-0.15, -0.1) is 0 Å². The Balaban J connectivity index is 1.72. The quantitative estimate of drug-likeness (QED) is 0.740. The van der Waals surface area contributed by atoms with Crippen molar-refractivity contribution in [2.75, 3.05) is 24.5 Å². The van der Waals surface area contributed by atoms with Crippen LogP contribution in [-0.2, 0) is 14.3 Å². The molecule has 2 aliphatic rings. The normalized spacial score (nSPS) is 28.3. The largest absolute Gasteiger partial charge is 0.372 e. The highest BCUT2D eigenvalue weighted by atomic mass is 79.9. The summed E-state index contributed by atoms with van der Waals surface area (Å²) in [5.74, 6) is -0.721. The summed E-state index contributed by atoms with van der Waals surface area (Å²) in [4.78, 5) is 28.9. The first-order chi connectivity index (χ1) is 11.0. The van der Waals surface area contributed by atoms with Gasteiger partial charge in [0, 0.05) is 29.8 Å². The van der Waals surface area contributed by atoms with Gasteiger partial charge in [-0.2, -0.15) is 0 Å². The predicted molar refractivity (Wildman–Crippen MR) is 91.2 cm³/mol. The van der Waals surface area contributed by atoms with E-state index in [0.717, 1.165) is 10.2 Å². The number of rotatable bonds is 2. The molecule has 0 N–H and O–H groups in total. The van der Waals surface area contributed by atoms with Gasteiger partial charge in [0.2, 0.25) is 11.8 Å². The molecule has 3 unspecified atom stereocenters. The van der Waals surface area contributed by atoms with Gasteiger partial charge in [0.15, 0.2) is 0 Å². The monoisotopic (exact) mass is 380 g/mol. The minimum absolute atomic E-state index is 0.0142. The number of amides is 2. The Kier molecular flexibility index (Phi) is 4.73. The number of ether oxygens (including phenoxy) is 1. The second kappa shape index (κ2) is 6.61. The molecule has 2 fully saturated rings. The summed E-state index contributed by atoms with van der Waals surface area (Å²) in [6.07, 6.45) is 0.602. The van der Waals surface area contributed by atoms with Crippen LogP contribution < -0.4 is 4.90 Å². The number of benzene rings is 1. The lowest BCUT2D eigenvalue weighted by atomic mass is 10.1. The standard InChI is InChI=1S/C17H21BrN2O3/c1-11-9-19(10-12(2)23-11)16(21)15-6-7-20(17(15)22)14-5-3-4-13(18)8-14/h3-5,8,11-12,15H,6-7,9-10H2,1-2H3. The van der Waals surface area contributed by atoms with Crippen molar-refractivity contribution in [1.29, 1.82) is 0 Å². The maximum Gasteiger partial charge on any atom is 0.239 e. The van der Waals surface area contributed by atoms with Gasteiger partial charge in [0.25, 0.3) is 0 Å². The topological polar surface area (TPSA) is 49.9 Å². The lowest BCUT2D eigenvalue weighted by Crippen LogP contribution is -2.51. The van der Waals surface area contributed by atoms with E-state index in [1.165, 1.54) is 0 Å². The molecule has 1 aromatic carbocycles. The Morgan fingerprint density at radius 1 is 1.26 bits per heavy atom. The summed E-state index contributed by atoms with van der Waals surface area (Å²) >= 11 is 3.42. The van der Waals surface area contributed by atoms with Gasteiger partial charge >= 0.3 is 0 Å². The molecule has 5 nitrogen and oxygen atoms in total. The van der Waals surface area contributed by atoms with Crippen LogP contribution in [0.15, 0.2) is 28.7 Å². The van der Waals surface area contributed by atoms with E-state index >= 15 is 0 Å². The summed E-state index contributed by atoms with van der Waals surface area (Å²) in [5, 5.41) is 0. The maximum atomic E-state index is 12.8. The number of halogens is 1. The third-order valence-electron chi connectivity index (χ3n) is 4.35. The van der Waals surface area contributed by atoms with Gasteiger partial charge in [-0.05, 0) is 38.5 Å². The van der Waals surface area contributed by atoms with E-state index in [0.29, 0.717) is 26.1 Å². The van der Waals surface area contributed by atoms with E-state index in [4.69, 9.17) is 4.74 Å². The molecular formula is C17H21BrN2O3. The first-order valence-corrected chi connectivity index (χ1v) is 8.76. The molecule has 0 saturated carbocycles. The number of anilines is 1. The van der Waals surface area contributed by atoms with Crippen LogP contribution in [0.25, 0.3) is 0 Å². The SMILES string of the molecule is CC1CN(C(=O)C2CCN(c3cccc(Br)c3)C2=O)CC(C)O1. The average Bonchev–Trinajstić information content (AvgIpc) is 2.87. The smallest absolute Gasteiger partial charge is 0.239 e. The molecule has 1 aromatic rings.